The molecule has 1 atom stereocenters. The van der Waals surface area contributed by atoms with E-state index in [1.54, 1.807) is 12.1 Å². The van der Waals surface area contributed by atoms with Gasteiger partial charge in [-0.25, -0.2) is 4.39 Å². The van der Waals surface area contributed by atoms with Crippen molar-refractivity contribution < 1.29 is 4.39 Å². The highest BCUT2D eigenvalue weighted by Crippen LogP contribution is 2.23. The molecule has 1 aromatic carbocycles. The first kappa shape index (κ1) is 13.6. The van der Waals surface area contributed by atoms with Crippen molar-refractivity contribution in [1.82, 2.24) is 14.5 Å². The van der Waals surface area contributed by atoms with Gasteiger partial charge in [-0.3, -0.25) is 4.90 Å². The summed E-state index contributed by atoms with van der Waals surface area (Å²) in [6, 6.07) is 7.51. The van der Waals surface area contributed by atoms with Crippen LogP contribution in [0.15, 0.2) is 29.6 Å². The molecule has 106 valence electrons. The predicted octanol–water partition coefficient (Wildman–Crippen LogP) is 3.27. The number of hydrogen-bond donors (Lipinski definition) is 0. The van der Waals surface area contributed by atoms with Crippen LogP contribution in [0.1, 0.15) is 30.5 Å². The maximum Gasteiger partial charge on any atom is 0.126 e. The fourth-order valence-electron chi connectivity index (χ4n) is 2.88. The van der Waals surface area contributed by atoms with Crippen molar-refractivity contribution in [3.8, 4) is 0 Å². The van der Waals surface area contributed by atoms with Gasteiger partial charge in [0.2, 0.25) is 0 Å². The van der Waals surface area contributed by atoms with E-state index < -0.39 is 0 Å². The molecule has 0 N–H and O–H groups in total. The highest BCUT2D eigenvalue weighted by atomic mass is 32.1. The van der Waals surface area contributed by atoms with Crippen molar-refractivity contribution in [2.24, 2.45) is 0 Å². The lowest BCUT2D eigenvalue weighted by Gasteiger charge is -2.35. The Bertz CT molecular complexity index is 544. The van der Waals surface area contributed by atoms with E-state index in [2.05, 4.69) is 14.5 Å². The van der Waals surface area contributed by atoms with E-state index in [-0.39, 0.29) is 5.82 Å². The summed E-state index contributed by atoms with van der Waals surface area (Å²) in [6.07, 6.45) is 4.35. The van der Waals surface area contributed by atoms with Crippen LogP contribution in [0.25, 0.3) is 0 Å². The number of likely N-dealkylation sites (tertiary alicyclic amines) is 1. The van der Waals surface area contributed by atoms with E-state index in [1.807, 2.05) is 17.5 Å². The van der Waals surface area contributed by atoms with Crippen LogP contribution in [0, 0.1) is 5.82 Å². The second-order valence-corrected chi connectivity index (χ2v) is 5.92. The number of piperidine rings is 1. The average molecular weight is 291 g/mol. The van der Waals surface area contributed by atoms with Gasteiger partial charge in [0.25, 0.3) is 0 Å². The predicted molar refractivity (Wildman–Crippen MR) is 78.1 cm³/mol. The van der Waals surface area contributed by atoms with Crippen LogP contribution in [0.5, 0.6) is 0 Å². The summed E-state index contributed by atoms with van der Waals surface area (Å²) in [7, 11) is 0. The van der Waals surface area contributed by atoms with Crippen molar-refractivity contribution in [3.05, 3.63) is 46.7 Å². The summed E-state index contributed by atoms with van der Waals surface area (Å²) >= 11 is 1.39. The smallest absolute Gasteiger partial charge is 0.126 e. The van der Waals surface area contributed by atoms with Crippen molar-refractivity contribution in [3.63, 3.8) is 0 Å². The molecule has 1 aromatic heterocycles. The van der Waals surface area contributed by atoms with Crippen LogP contribution in [0.3, 0.4) is 0 Å². The third-order valence-corrected chi connectivity index (χ3v) is 4.49. The Morgan fingerprint density at radius 2 is 2.20 bits per heavy atom. The number of halogens is 1. The van der Waals surface area contributed by atoms with Crippen molar-refractivity contribution >= 4 is 11.5 Å². The highest BCUT2D eigenvalue weighted by Gasteiger charge is 2.24. The van der Waals surface area contributed by atoms with Gasteiger partial charge in [0.05, 0.1) is 5.69 Å². The Morgan fingerprint density at radius 1 is 1.30 bits per heavy atom. The van der Waals surface area contributed by atoms with E-state index in [9.17, 15) is 4.39 Å². The molecule has 1 aliphatic rings. The Morgan fingerprint density at radius 3 is 3.00 bits per heavy atom. The number of hydrogen-bond acceptors (Lipinski definition) is 4. The van der Waals surface area contributed by atoms with Crippen LogP contribution in [0.4, 0.5) is 4.39 Å². The minimum absolute atomic E-state index is 0.0895. The number of aromatic nitrogens is 2. The fraction of sp³-hybridized carbons (Fsp3) is 0.467. The topological polar surface area (TPSA) is 29.0 Å². The molecule has 1 aliphatic heterocycles. The molecule has 0 aliphatic carbocycles. The molecule has 0 bridgehead atoms. The minimum Gasteiger partial charge on any atom is -0.294 e. The molecule has 0 spiro atoms. The van der Waals surface area contributed by atoms with Gasteiger partial charge < -0.3 is 0 Å². The molecular formula is C15H18FN3S. The summed E-state index contributed by atoms with van der Waals surface area (Å²) in [6.45, 7) is 1.90. The number of benzene rings is 1. The van der Waals surface area contributed by atoms with Crippen LogP contribution in [-0.4, -0.2) is 27.1 Å². The monoisotopic (exact) mass is 291 g/mol. The van der Waals surface area contributed by atoms with Gasteiger partial charge in [0, 0.05) is 18.0 Å². The maximum atomic E-state index is 13.8. The van der Waals surface area contributed by atoms with Gasteiger partial charge >= 0.3 is 0 Å². The SMILES string of the molecule is Fc1ccccc1CC1CCCCN1Cc1csnn1. The zero-order chi connectivity index (χ0) is 13.8. The zero-order valence-corrected chi connectivity index (χ0v) is 12.2. The van der Waals surface area contributed by atoms with E-state index in [4.69, 9.17) is 0 Å². The van der Waals surface area contributed by atoms with E-state index >= 15 is 0 Å². The number of nitrogens with zero attached hydrogens (tertiary/aromatic N) is 3. The van der Waals surface area contributed by atoms with Crippen LogP contribution >= 0.6 is 11.5 Å². The Balaban J connectivity index is 1.70. The Labute approximate surface area is 122 Å². The molecule has 0 saturated carbocycles. The average Bonchev–Trinajstić information content (AvgIpc) is 2.96. The standard InChI is InChI=1S/C15H18FN3S/c16-15-7-2-1-5-12(15)9-14-6-3-4-8-19(14)10-13-11-20-18-17-13/h1-2,5,7,11,14H,3-4,6,8-10H2. The van der Waals surface area contributed by atoms with Crippen molar-refractivity contribution in [1.29, 1.82) is 0 Å². The first-order chi connectivity index (χ1) is 9.83. The van der Waals surface area contributed by atoms with Crippen LogP contribution in [-0.2, 0) is 13.0 Å². The van der Waals surface area contributed by atoms with E-state index in [1.165, 1.54) is 24.4 Å². The van der Waals surface area contributed by atoms with Crippen molar-refractivity contribution in [2.45, 2.75) is 38.3 Å². The maximum absolute atomic E-state index is 13.8. The third-order valence-electron chi connectivity index (χ3n) is 3.93. The van der Waals surface area contributed by atoms with Gasteiger partial charge in [-0.05, 0) is 49.0 Å². The van der Waals surface area contributed by atoms with E-state index in [0.717, 1.165) is 37.2 Å². The van der Waals surface area contributed by atoms with Gasteiger partial charge in [-0.2, -0.15) is 0 Å². The Kier molecular flexibility index (Phi) is 4.38. The molecule has 1 fully saturated rings. The van der Waals surface area contributed by atoms with Crippen molar-refractivity contribution in [2.75, 3.05) is 6.54 Å². The van der Waals surface area contributed by atoms with E-state index in [0.29, 0.717) is 6.04 Å². The molecule has 0 amide bonds. The molecule has 1 saturated heterocycles. The van der Waals surface area contributed by atoms with Gasteiger partial charge in [-0.15, -0.1) is 5.10 Å². The summed E-state index contributed by atoms with van der Waals surface area (Å²) < 4.78 is 17.7. The molecule has 5 heteroatoms. The second kappa shape index (κ2) is 6.41. The molecule has 2 aromatic rings. The lowest BCUT2D eigenvalue weighted by atomic mass is 9.95. The third kappa shape index (κ3) is 3.22. The first-order valence-corrected chi connectivity index (χ1v) is 7.90. The molecule has 2 heterocycles. The van der Waals surface area contributed by atoms with Gasteiger partial charge in [0.1, 0.15) is 5.82 Å². The summed E-state index contributed by atoms with van der Waals surface area (Å²) in [5, 5.41) is 6.12. The molecule has 0 radical (unpaired) electrons. The quantitative estimate of drug-likeness (QED) is 0.865. The highest BCUT2D eigenvalue weighted by molar-refractivity contribution is 7.03. The number of rotatable bonds is 4. The normalized spacial score (nSPS) is 20.1. The summed E-state index contributed by atoms with van der Waals surface area (Å²) in [5.74, 6) is -0.0895. The molecule has 20 heavy (non-hydrogen) atoms. The fourth-order valence-corrected chi connectivity index (χ4v) is 3.32. The van der Waals surface area contributed by atoms with Crippen LogP contribution in [0.2, 0.25) is 0 Å². The van der Waals surface area contributed by atoms with Gasteiger partial charge in [-0.1, -0.05) is 29.1 Å². The largest absolute Gasteiger partial charge is 0.294 e. The first-order valence-electron chi connectivity index (χ1n) is 7.06. The molecule has 3 nitrogen and oxygen atoms in total. The Hall–Kier alpha value is -1.33. The second-order valence-electron chi connectivity index (χ2n) is 5.31. The summed E-state index contributed by atoms with van der Waals surface area (Å²) in [5.41, 5.74) is 1.84. The zero-order valence-electron chi connectivity index (χ0n) is 11.3. The molecular weight excluding hydrogens is 273 g/mol. The molecule has 3 rings (SSSR count). The van der Waals surface area contributed by atoms with Crippen LogP contribution < -0.4 is 0 Å². The van der Waals surface area contributed by atoms with Gasteiger partial charge in [0.15, 0.2) is 0 Å². The summed E-state index contributed by atoms with van der Waals surface area (Å²) in [4.78, 5) is 2.42. The molecule has 1 unspecified atom stereocenters. The minimum atomic E-state index is -0.0895. The lowest BCUT2D eigenvalue weighted by Crippen LogP contribution is -2.40. The lowest BCUT2D eigenvalue weighted by molar-refractivity contribution is 0.137.